The Bertz CT molecular complexity index is 2820. The first-order valence-corrected chi connectivity index (χ1v) is 15.3. The molecule has 0 unspecified atom stereocenters. The van der Waals surface area contributed by atoms with Crippen LogP contribution in [0.1, 0.15) is 25.0 Å². The van der Waals surface area contributed by atoms with E-state index in [1.165, 1.54) is 33.0 Å². The van der Waals surface area contributed by atoms with Gasteiger partial charge in [-0.2, -0.15) is 0 Å². The number of hydrogen-bond donors (Lipinski definition) is 0. The average Bonchev–Trinajstić information content (AvgIpc) is 3.51. The van der Waals surface area contributed by atoms with Crippen molar-refractivity contribution in [2.45, 2.75) is 19.3 Å². The molecule has 3 heterocycles. The van der Waals surface area contributed by atoms with Gasteiger partial charge in [-0.05, 0) is 75.5 Å². The molecule has 0 aliphatic heterocycles. The predicted octanol–water partition coefficient (Wildman–Crippen LogP) is 8.95. The van der Waals surface area contributed by atoms with Gasteiger partial charge >= 0.3 is 0 Å². The summed E-state index contributed by atoms with van der Waals surface area (Å²) < 4.78 is 3.87. The Morgan fingerprint density at radius 3 is 2.07 bits per heavy atom. The molecule has 9 aromatic rings. The van der Waals surface area contributed by atoms with E-state index < -0.39 is 0 Å². The van der Waals surface area contributed by atoms with E-state index in [9.17, 15) is 4.79 Å². The number of aromatic nitrogens is 4. The zero-order valence-corrected chi connectivity index (χ0v) is 24.7. The van der Waals surface area contributed by atoms with Crippen LogP contribution in [0.5, 0.6) is 0 Å². The summed E-state index contributed by atoms with van der Waals surface area (Å²) in [4.78, 5) is 24.6. The Morgan fingerprint density at radius 2 is 1.24 bits per heavy atom. The summed E-state index contributed by atoms with van der Waals surface area (Å²) in [5.41, 5.74) is 8.93. The van der Waals surface area contributed by atoms with Crippen LogP contribution in [-0.2, 0) is 5.41 Å². The molecule has 5 nitrogen and oxygen atoms in total. The van der Waals surface area contributed by atoms with E-state index in [0.29, 0.717) is 22.5 Å². The molecule has 0 atom stereocenters. The Labute approximate surface area is 257 Å². The molecule has 45 heavy (non-hydrogen) atoms. The number of para-hydroxylation sites is 3. The molecule has 10 rings (SSSR count). The lowest BCUT2D eigenvalue weighted by molar-refractivity contribution is 0.661. The molecule has 0 bridgehead atoms. The van der Waals surface area contributed by atoms with Gasteiger partial charge in [0, 0.05) is 21.6 Å². The van der Waals surface area contributed by atoms with Gasteiger partial charge in [0.15, 0.2) is 5.65 Å². The molecule has 0 radical (unpaired) electrons. The maximum absolute atomic E-state index is 14.4. The highest BCUT2D eigenvalue weighted by Gasteiger charge is 2.37. The van der Waals surface area contributed by atoms with E-state index in [-0.39, 0.29) is 11.0 Å². The smallest absolute Gasteiger partial charge is 0.268 e. The highest BCUT2D eigenvalue weighted by molar-refractivity contribution is 6.13. The van der Waals surface area contributed by atoms with Gasteiger partial charge in [-0.1, -0.05) is 92.7 Å². The molecule has 1 aliphatic carbocycles. The fraction of sp³-hybridized carbons (Fsp3) is 0.0750. The molecule has 3 aromatic heterocycles. The van der Waals surface area contributed by atoms with Crippen LogP contribution in [0, 0.1) is 0 Å². The Balaban J connectivity index is 1.40. The van der Waals surface area contributed by atoms with Crippen LogP contribution in [0.15, 0.2) is 126 Å². The molecule has 6 aromatic carbocycles. The summed E-state index contributed by atoms with van der Waals surface area (Å²) in [6, 6.07) is 41.8. The van der Waals surface area contributed by atoms with Crippen LogP contribution >= 0.6 is 0 Å². The maximum Gasteiger partial charge on any atom is 0.268 e. The lowest BCUT2D eigenvalue weighted by Gasteiger charge is -2.22. The Morgan fingerprint density at radius 1 is 0.578 bits per heavy atom. The molecule has 5 heteroatoms. The molecule has 0 saturated carbocycles. The van der Waals surface area contributed by atoms with Crippen LogP contribution in [0.25, 0.3) is 77.1 Å². The number of fused-ring (bicyclic) bond motifs is 12. The van der Waals surface area contributed by atoms with Gasteiger partial charge in [-0.25, -0.2) is 14.4 Å². The van der Waals surface area contributed by atoms with Crippen molar-refractivity contribution in [1.82, 2.24) is 18.9 Å². The molecule has 0 saturated heterocycles. The van der Waals surface area contributed by atoms with Crippen LogP contribution in [0.4, 0.5) is 0 Å². The summed E-state index contributed by atoms with van der Waals surface area (Å²) in [5, 5.41) is 6.18. The van der Waals surface area contributed by atoms with Gasteiger partial charge in [0.05, 0.1) is 27.5 Å². The van der Waals surface area contributed by atoms with Crippen LogP contribution < -0.4 is 5.56 Å². The van der Waals surface area contributed by atoms with E-state index in [1.54, 1.807) is 4.40 Å². The minimum absolute atomic E-state index is 0.129. The van der Waals surface area contributed by atoms with Crippen molar-refractivity contribution in [1.29, 1.82) is 0 Å². The van der Waals surface area contributed by atoms with E-state index in [1.807, 2.05) is 48.5 Å². The molecule has 0 N–H and O–H groups in total. The maximum atomic E-state index is 14.4. The van der Waals surface area contributed by atoms with Gasteiger partial charge < -0.3 is 0 Å². The number of hydrogen-bond acceptors (Lipinski definition) is 3. The van der Waals surface area contributed by atoms with E-state index in [4.69, 9.17) is 9.97 Å². The van der Waals surface area contributed by atoms with Crippen molar-refractivity contribution in [3.8, 4) is 17.1 Å². The number of rotatable bonds is 1. The molecule has 0 spiro atoms. The highest BCUT2D eigenvalue weighted by Crippen LogP contribution is 2.53. The second kappa shape index (κ2) is 8.42. The zero-order chi connectivity index (χ0) is 30.0. The topological polar surface area (TPSA) is 52.2 Å². The third-order valence-electron chi connectivity index (χ3n) is 9.90. The fourth-order valence-electron chi connectivity index (χ4n) is 7.75. The van der Waals surface area contributed by atoms with Crippen molar-refractivity contribution in [2.75, 3.05) is 0 Å². The molecule has 0 amide bonds. The van der Waals surface area contributed by atoms with Gasteiger partial charge in [0.2, 0.25) is 5.95 Å². The van der Waals surface area contributed by atoms with Gasteiger partial charge in [-0.3, -0.25) is 9.36 Å². The molecule has 0 fully saturated rings. The third kappa shape index (κ3) is 3.09. The molecule has 212 valence electrons. The summed E-state index contributed by atoms with van der Waals surface area (Å²) in [7, 11) is 0. The summed E-state index contributed by atoms with van der Waals surface area (Å²) in [6.45, 7) is 4.63. The van der Waals surface area contributed by atoms with Crippen molar-refractivity contribution >= 4 is 60.0 Å². The number of benzene rings is 6. The number of nitrogens with zero attached hydrogens (tertiary/aromatic N) is 4. The molecular formula is C40H26N4O. The minimum Gasteiger partial charge on any atom is -0.279 e. The lowest BCUT2D eigenvalue weighted by atomic mass is 9.82. The first-order chi connectivity index (χ1) is 22.0. The van der Waals surface area contributed by atoms with Crippen molar-refractivity contribution < 1.29 is 0 Å². The first-order valence-electron chi connectivity index (χ1n) is 15.3. The average molecular weight is 579 g/mol. The monoisotopic (exact) mass is 578 g/mol. The van der Waals surface area contributed by atoms with Crippen LogP contribution in [-0.4, -0.2) is 18.9 Å². The standard InChI is InChI=1S/C40H26N4O/c1-40(2)30-20-19-23-11-3-4-12-24(23)36(30)29-21-28-25-13-7-10-18-34(25)43(35(28)22-31(29)40)39-42-32-16-8-5-14-26(32)37-41-33-17-9-6-15-27(33)38(45)44(37)39/h3-22H,1-2H3. The van der Waals surface area contributed by atoms with Gasteiger partial charge in [-0.15, -0.1) is 0 Å². The second-order valence-electron chi connectivity index (χ2n) is 12.6. The van der Waals surface area contributed by atoms with E-state index >= 15 is 0 Å². The van der Waals surface area contributed by atoms with Gasteiger partial charge in [0.1, 0.15) is 0 Å². The van der Waals surface area contributed by atoms with Crippen molar-refractivity contribution in [2.24, 2.45) is 0 Å². The fourth-order valence-corrected chi connectivity index (χ4v) is 7.75. The van der Waals surface area contributed by atoms with Crippen LogP contribution in [0.2, 0.25) is 0 Å². The first kappa shape index (κ1) is 24.6. The summed E-state index contributed by atoms with van der Waals surface area (Å²) >= 11 is 0. The second-order valence-corrected chi connectivity index (χ2v) is 12.6. The minimum atomic E-state index is -0.211. The van der Waals surface area contributed by atoms with Gasteiger partial charge in [0.25, 0.3) is 5.56 Å². The predicted molar refractivity (Wildman–Crippen MR) is 184 cm³/mol. The summed E-state index contributed by atoms with van der Waals surface area (Å²) in [6.07, 6.45) is 0. The largest absolute Gasteiger partial charge is 0.279 e. The van der Waals surface area contributed by atoms with Crippen molar-refractivity contribution in [3.05, 3.63) is 143 Å². The Hall–Kier alpha value is -5.81. The quantitative estimate of drug-likeness (QED) is 0.144. The van der Waals surface area contributed by atoms with Crippen molar-refractivity contribution in [3.63, 3.8) is 0 Å². The Kier molecular flexibility index (Phi) is 4.61. The highest BCUT2D eigenvalue weighted by atomic mass is 16.1. The third-order valence-corrected chi connectivity index (χ3v) is 9.90. The normalized spacial score (nSPS) is 13.8. The van der Waals surface area contributed by atoms with Crippen LogP contribution in [0.3, 0.4) is 0 Å². The molecule has 1 aliphatic rings. The SMILES string of the molecule is CC1(C)c2cc3c(cc2-c2c1ccc1ccccc21)c1ccccc1n3-c1nc2ccccc2c2nc3ccccc3c(=O)n12. The molecular weight excluding hydrogens is 552 g/mol. The zero-order valence-electron chi connectivity index (χ0n) is 24.7. The van der Waals surface area contributed by atoms with E-state index in [2.05, 4.69) is 91.2 Å². The summed E-state index contributed by atoms with van der Waals surface area (Å²) in [5.74, 6) is 0.539. The van der Waals surface area contributed by atoms with E-state index in [0.717, 1.165) is 32.7 Å². The lowest BCUT2D eigenvalue weighted by Crippen LogP contribution is -2.21.